The topological polar surface area (TPSA) is 61.4 Å². The third-order valence-corrected chi connectivity index (χ3v) is 3.02. The molecular formula is C13H7BrF4N2O2. The fraction of sp³-hybridized carbons (Fsp3) is 0. The summed E-state index contributed by atoms with van der Waals surface area (Å²) in [6.07, 6.45) is 0. The molecule has 0 atom stereocenters. The average Bonchev–Trinajstić information content (AvgIpc) is 2.45. The zero-order chi connectivity index (χ0) is 16.4. The predicted molar refractivity (Wildman–Crippen MR) is 74.7 cm³/mol. The molecule has 9 heteroatoms. The van der Waals surface area contributed by atoms with Gasteiger partial charge in [0.25, 0.3) is 0 Å². The Morgan fingerprint density at radius 2 is 1.59 bits per heavy atom. The summed E-state index contributed by atoms with van der Waals surface area (Å²) in [5.41, 5.74) is -0.918. The zero-order valence-corrected chi connectivity index (χ0v) is 12.1. The molecule has 116 valence electrons. The molecule has 0 bridgehead atoms. The number of carbonyl (C=O) groups is 1. The molecule has 2 aromatic carbocycles. The van der Waals surface area contributed by atoms with Crippen molar-refractivity contribution in [2.45, 2.75) is 0 Å². The minimum absolute atomic E-state index is 0.233. The Bertz CT molecular complexity index is 755. The second-order valence-electron chi connectivity index (χ2n) is 4.09. The average molecular weight is 379 g/mol. The van der Waals surface area contributed by atoms with E-state index in [-0.39, 0.29) is 10.2 Å². The largest absolute Gasteiger partial charge is 0.503 e. The summed E-state index contributed by atoms with van der Waals surface area (Å²) < 4.78 is 52.7. The molecule has 0 radical (unpaired) electrons. The van der Waals surface area contributed by atoms with E-state index in [0.717, 1.165) is 12.1 Å². The van der Waals surface area contributed by atoms with Crippen molar-refractivity contribution in [3.63, 3.8) is 0 Å². The van der Waals surface area contributed by atoms with E-state index in [1.807, 2.05) is 10.6 Å². The second kappa shape index (κ2) is 6.22. The van der Waals surface area contributed by atoms with Crippen LogP contribution in [0, 0.1) is 23.3 Å². The third kappa shape index (κ3) is 3.30. The van der Waals surface area contributed by atoms with Gasteiger partial charge in [0.15, 0.2) is 29.0 Å². The Morgan fingerprint density at radius 3 is 2.27 bits per heavy atom. The van der Waals surface area contributed by atoms with Crippen molar-refractivity contribution >= 4 is 33.3 Å². The molecule has 3 N–H and O–H groups in total. The first-order chi connectivity index (χ1) is 10.3. The zero-order valence-electron chi connectivity index (χ0n) is 10.6. The van der Waals surface area contributed by atoms with Gasteiger partial charge in [0, 0.05) is 4.47 Å². The summed E-state index contributed by atoms with van der Waals surface area (Å²) in [6.45, 7) is 0. The number of anilines is 2. The van der Waals surface area contributed by atoms with Gasteiger partial charge in [-0.25, -0.2) is 22.4 Å². The minimum Gasteiger partial charge on any atom is -0.503 e. The summed E-state index contributed by atoms with van der Waals surface area (Å²) in [7, 11) is 0. The van der Waals surface area contributed by atoms with E-state index in [4.69, 9.17) is 0 Å². The lowest BCUT2D eigenvalue weighted by molar-refractivity contribution is 0.262. The summed E-state index contributed by atoms with van der Waals surface area (Å²) in [5, 5.41) is 13.4. The highest BCUT2D eigenvalue weighted by atomic mass is 79.9. The maximum absolute atomic E-state index is 13.4. The van der Waals surface area contributed by atoms with Gasteiger partial charge >= 0.3 is 6.03 Å². The van der Waals surface area contributed by atoms with Gasteiger partial charge in [0.1, 0.15) is 0 Å². The summed E-state index contributed by atoms with van der Waals surface area (Å²) in [5.74, 6) is -6.56. The van der Waals surface area contributed by atoms with E-state index in [0.29, 0.717) is 6.07 Å². The van der Waals surface area contributed by atoms with Gasteiger partial charge < -0.3 is 15.7 Å². The predicted octanol–water partition coefficient (Wildman–Crippen LogP) is 4.36. The number of phenols is 1. The number of urea groups is 1. The molecule has 2 amide bonds. The van der Waals surface area contributed by atoms with Crippen LogP contribution in [-0.2, 0) is 0 Å². The molecule has 0 unspecified atom stereocenters. The fourth-order valence-corrected chi connectivity index (χ4v) is 1.99. The standard InChI is InChI=1S/C13H7BrF4N2O2/c14-5-3-7(16)12(21)9(4-5)20-13(22)19-8-2-1-6(15)10(17)11(8)18/h1-4,21H,(H2,19,20,22). The van der Waals surface area contributed by atoms with Gasteiger partial charge in [-0.1, -0.05) is 15.9 Å². The molecular weight excluding hydrogens is 372 g/mol. The van der Waals surface area contributed by atoms with Crippen LogP contribution in [0.3, 0.4) is 0 Å². The number of halogens is 5. The normalized spacial score (nSPS) is 10.4. The number of hydrogen-bond acceptors (Lipinski definition) is 2. The van der Waals surface area contributed by atoms with Crippen LogP contribution in [-0.4, -0.2) is 11.1 Å². The van der Waals surface area contributed by atoms with Crippen molar-refractivity contribution in [1.29, 1.82) is 0 Å². The van der Waals surface area contributed by atoms with E-state index >= 15 is 0 Å². The van der Waals surface area contributed by atoms with Crippen LogP contribution in [0.4, 0.5) is 33.7 Å². The monoisotopic (exact) mass is 378 g/mol. The van der Waals surface area contributed by atoms with E-state index in [9.17, 15) is 27.5 Å². The Morgan fingerprint density at radius 1 is 0.955 bits per heavy atom. The molecule has 0 heterocycles. The molecule has 0 aliphatic rings. The number of hydrogen-bond donors (Lipinski definition) is 3. The highest BCUT2D eigenvalue weighted by Crippen LogP contribution is 2.30. The van der Waals surface area contributed by atoms with Crippen molar-refractivity contribution in [2.75, 3.05) is 10.6 Å². The lowest BCUT2D eigenvalue weighted by atomic mass is 10.2. The maximum atomic E-state index is 13.4. The summed E-state index contributed by atoms with van der Waals surface area (Å²) in [4.78, 5) is 11.7. The van der Waals surface area contributed by atoms with Crippen molar-refractivity contribution in [3.05, 3.63) is 52.0 Å². The Kier molecular flexibility index (Phi) is 4.55. The molecule has 4 nitrogen and oxygen atoms in total. The van der Waals surface area contributed by atoms with Crippen LogP contribution in [0.2, 0.25) is 0 Å². The highest BCUT2D eigenvalue weighted by Gasteiger charge is 2.17. The molecule has 0 spiro atoms. The lowest BCUT2D eigenvalue weighted by Crippen LogP contribution is -2.20. The van der Waals surface area contributed by atoms with E-state index in [1.54, 1.807) is 0 Å². The quantitative estimate of drug-likeness (QED) is 0.413. The van der Waals surface area contributed by atoms with Gasteiger partial charge in [0.05, 0.1) is 11.4 Å². The van der Waals surface area contributed by atoms with Crippen LogP contribution >= 0.6 is 15.9 Å². The van der Waals surface area contributed by atoms with E-state index in [2.05, 4.69) is 15.9 Å². The Hall–Kier alpha value is -2.29. The van der Waals surface area contributed by atoms with Crippen LogP contribution in [0.25, 0.3) is 0 Å². The molecule has 0 aromatic heterocycles. The first-order valence-electron chi connectivity index (χ1n) is 5.69. The van der Waals surface area contributed by atoms with Gasteiger partial charge in [-0.05, 0) is 24.3 Å². The van der Waals surface area contributed by atoms with Crippen molar-refractivity contribution in [1.82, 2.24) is 0 Å². The molecule has 22 heavy (non-hydrogen) atoms. The van der Waals surface area contributed by atoms with Crippen LogP contribution in [0.15, 0.2) is 28.7 Å². The van der Waals surface area contributed by atoms with Gasteiger partial charge in [-0.15, -0.1) is 0 Å². The number of nitrogens with one attached hydrogen (secondary N) is 2. The summed E-state index contributed by atoms with van der Waals surface area (Å²) in [6, 6.07) is 2.52. The Balaban J connectivity index is 2.20. The van der Waals surface area contributed by atoms with Gasteiger partial charge in [-0.2, -0.15) is 0 Å². The Labute approximate surface area is 129 Å². The van der Waals surface area contributed by atoms with Crippen LogP contribution < -0.4 is 10.6 Å². The van der Waals surface area contributed by atoms with Crippen LogP contribution in [0.1, 0.15) is 0 Å². The first-order valence-corrected chi connectivity index (χ1v) is 6.48. The number of rotatable bonds is 2. The first kappa shape index (κ1) is 16.1. The third-order valence-electron chi connectivity index (χ3n) is 2.56. The van der Waals surface area contributed by atoms with Crippen molar-refractivity contribution < 1.29 is 27.5 Å². The molecule has 0 fully saturated rings. The highest BCUT2D eigenvalue weighted by molar-refractivity contribution is 9.10. The number of benzene rings is 2. The number of amides is 2. The fourth-order valence-electron chi connectivity index (χ4n) is 1.56. The summed E-state index contributed by atoms with van der Waals surface area (Å²) >= 11 is 2.96. The van der Waals surface area contributed by atoms with Crippen molar-refractivity contribution in [3.8, 4) is 5.75 Å². The number of carbonyl (C=O) groups excluding carboxylic acids is 1. The molecule has 2 rings (SSSR count). The smallest absolute Gasteiger partial charge is 0.323 e. The van der Waals surface area contributed by atoms with Gasteiger partial charge in [-0.3, -0.25) is 0 Å². The lowest BCUT2D eigenvalue weighted by Gasteiger charge is -2.11. The van der Waals surface area contributed by atoms with Crippen molar-refractivity contribution in [2.24, 2.45) is 0 Å². The number of phenolic OH excluding ortho intramolecular Hbond substituents is 1. The minimum atomic E-state index is -1.74. The second-order valence-corrected chi connectivity index (χ2v) is 5.00. The molecule has 0 aliphatic carbocycles. The SMILES string of the molecule is O=C(Nc1cc(Br)cc(F)c1O)Nc1ccc(F)c(F)c1F. The van der Waals surface area contributed by atoms with Gasteiger partial charge in [0.2, 0.25) is 0 Å². The molecule has 0 saturated carbocycles. The molecule has 0 saturated heterocycles. The van der Waals surface area contributed by atoms with Crippen LogP contribution in [0.5, 0.6) is 5.75 Å². The maximum Gasteiger partial charge on any atom is 0.323 e. The number of aromatic hydroxyl groups is 1. The van der Waals surface area contributed by atoms with E-state index < -0.39 is 40.7 Å². The molecule has 2 aromatic rings. The van der Waals surface area contributed by atoms with E-state index in [1.165, 1.54) is 6.07 Å². The molecule has 0 aliphatic heterocycles.